The van der Waals surface area contributed by atoms with Gasteiger partial charge in [-0.1, -0.05) is 19.0 Å². The van der Waals surface area contributed by atoms with E-state index in [1.54, 1.807) is 7.11 Å². The minimum absolute atomic E-state index is 0. The molecule has 0 atom stereocenters. The van der Waals surface area contributed by atoms with Crippen LogP contribution >= 0.6 is 24.0 Å². The number of nitrogens with zero attached hydrogens (tertiary/aromatic N) is 4. The summed E-state index contributed by atoms with van der Waals surface area (Å²) in [6, 6.07) is 11.7. The maximum atomic E-state index is 5.37. The highest BCUT2D eigenvalue weighted by Gasteiger charge is 2.08. The van der Waals surface area contributed by atoms with Crippen molar-refractivity contribution in [2.24, 2.45) is 4.99 Å². The number of nitrogens with one attached hydrogen (secondary N) is 2. The molecule has 0 saturated heterocycles. The van der Waals surface area contributed by atoms with Crippen LogP contribution in [0.3, 0.4) is 0 Å². The summed E-state index contributed by atoms with van der Waals surface area (Å²) in [7, 11) is 1.65. The third-order valence-electron chi connectivity index (χ3n) is 4.32. The normalized spacial score (nSPS) is 11.3. The molecular weight excluding hydrogens is 495 g/mol. The number of rotatable bonds is 8. The van der Waals surface area contributed by atoms with Gasteiger partial charge in [-0.05, 0) is 43.2 Å². The van der Waals surface area contributed by atoms with Gasteiger partial charge in [0, 0.05) is 18.8 Å². The SMILES string of the molecule is CCNC(=NCc1ccn(-c2ccc(OC)cc2)n1)NCc1cc(C(C)C)no1.I. The van der Waals surface area contributed by atoms with E-state index in [0.29, 0.717) is 25.0 Å². The Morgan fingerprint density at radius 3 is 2.60 bits per heavy atom. The van der Waals surface area contributed by atoms with Gasteiger partial charge in [0.2, 0.25) is 0 Å². The summed E-state index contributed by atoms with van der Waals surface area (Å²) in [5, 5.41) is 15.2. The smallest absolute Gasteiger partial charge is 0.192 e. The van der Waals surface area contributed by atoms with E-state index in [9.17, 15) is 0 Å². The van der Waals surface area contributed by atoms with Crippen LogP contribution in [0.15, 0.2) is 52.1 Å². The molecule has 162 valence electrons. The molecule has 3 aromatic rings. The van der Waals surface area contributed by atoms with E-state index in [-0.39, 0.29) is 24.0 Å². The van der Waals surface area contributed by atoms with E-state index in [1.807, 2.05) is 54.2 Å². The van der Waals surface area contributed by atoms with Gasteiger partial charge >= 0.3 is 0 Å². The summed E-state index contributed by atoms with van der Waals surface area (Å²) in [5.41, 5.74) is 2.80. The number of aromatic nitrogens is 3. The zero-order valence-corrected chi connectivity index (χ0v) is 20.1. The van der Waals surface area contributed by atoms with Gasteiger partial charge in [-0.2, -0.15) is 5.10 Å². The Hall–Kier alpha value is -2.56. The maximum Gasteiger partial charge on any atom is 0.192 e. The molecule has 0 unspecified atom stereocenters. The highest BCUT2D eigenvalue weighted by atomic mass is 127. The highest BCUT2D eigenvalue weighted by Crippen LogP contribution is 2.15. The summed E-state index contributed by atoms with van der Waals surface area (Å²) in [4.78, 5) is 4.61. The van der Waals surface area contributed by atoms with Crippen LogP contribution in [0.2, 0.25) is 0 Å². The van der Waals surface area contributed by atoms with Crippen LogP contribution in [0.1, 0.15) is 43.8 Å². The quantitative estimate of drug-likeness (QED) is 0.264. The lowest BCUT2D eigenvalue weighted by Crippen LogP contribution is -2.36. The Morgan fingerprint density at radius 2 is 1.97 bits per heavy atom. The van der Waals surface area contributed by atoms with Crippen LogP contribution in [-0.2, 0) is 13.1 Å². The monoisotopic (exact) mass is 524 g/mol. The van der Waals surface area contributed by atoms with E-state index in [2.05, 4.69) is 39.7 Å². The van der Waals surface area contributed by atoms with Crippen molar-refractivity contribution < 1.29 is 9.26 Å². The Kier molecular flexibility index (Phi) is 9.15. The fraction of sp³-hybridized carbons (Fsp3) is 0.381. The summed E-state index contributed by atoms with van der Waals surface area (Å²) in [6.45, 7) is 7.95. The molecule has 0 fully saturated rings. The van der Waals surface area contributed by atoms with Gasteiger partial charge in [-0.15, -0.1) is 24.0 Å². The minimum Gasteiger partial charge on any atom is -0.497 e. The molecule has 3 rings (SSSR count). The first-order valence-electron chi connectivity index (χ1n) is 9.75. The van der Waals surface area contributed by atoms with Gasteiger partial charge in [-0.25, -0.2) is 9.67 Å². The first-order chi connectivity index (χ1) is 14.1. The van der Waals surface area contributed by atoms with Crippen LogP contribution in [0.4, 0.5) is 0 Å². The van der Waals surface area contributed by atoms with Crippen molar-refractivity contribution in [3.8, 4) is 11.4 Å². The van der Waals surface area contributed by atoms with E-state index in [4.69, 9.17) is 9.26 Å². The van der Waals surface area contributed by atoms with E-state index in [0.717, 1.165) is 35.1 Å². The first kappa shape index (κ1) is 23.7. The zero-order valence-electron chi connectivity index (χ0n) is 17.8. The topological polar surface area (TPSA) is 89.5 Å². The fourth-order valence-corrected chi connectivity index (χ4v) is 2.68. The average Bonchev–Trinajstić information content (AvgIpc) is 3.40. The number of benzene rings is 1. The van der Waals surface area contributed by atoms with Gasteiger partial charge in [0.1, 0.15) is 5.75 Å². The molecule has 8 nitrogen and oxygen atoms in total. The summed E-state index contributed by atoms with van der Waals surface area (Å²) in [5.74, 6) is 2.65. The molecule has 2 aromatic heterocycles. The number of halogens is 1. The lowest BCUT2D eigenvalue weighted by atomic mass is 10.1. The molecule has 0 spiro atoms. The molecule has 0 amide bonds. The Bertz CT molecular complexity index is 933. The van der Waals surface area contributed by atoms with Crippen LogP contribution < -0.4 is 15.4 Å². The van der Waals surface area contributed by atoms with Crippen molar-refractivity contribution in [2.45, 2.75) is 39.8 Å². The lowest BCUT2D eigenvalue weighted by Gasteiger charge is -2.09. The number of aliphatic imine (C=N–C) groups is 1. The second kappa shape index (κ2) is 11.6. The number of methoxy groups -OCH3 is 1. The van der Waals surface area contributed by atoms with E-state index in [1.165, 1.54) is 0 Å². The molecular formula is C21H29IN6O2. The largest absolute Gasteiger partial charge is 0.497 e. The molecule has 30 heavy (non-hydrogen) atoms. The summed E-state index contributed by atoms with van der Waals surface area (Å²) >= 11 is 0. The van der Waals surface area contributed by atoms with Crippen molar-refractivity contribution in [1.29, 1.82) is 0 Å². The standard InChI is InChI=1S/C21H28N6O2.HI/c1-5-22-21(24-14-19-12-20(15(2)3)26-29-19)23-13-16-10-11-27(25-16)17-6-8-18(28-4)9-7-17;/h6-12,15H,5,13-14H2,1-4H3,(H2,22,23,24);1H. The first-order valence-corrected chi connectivity index (χ1v) is 9.75. The molecule has 0 aliphatic carbocycles. The minimum atomic E-state index is 0. The van der Waals surface area contributed by atoms with E-state index < -0.39 is 0 Å². The predicted octanol–water partition coefficient (Wildman–Crippen LogP) is 3.87. The third-order valence-corrected chi connectivity index (χ3v) is 4.32. The molecule has 2 heterocycles. The summed E-state index contributed by atoms with van der Waals surface area (Å²) in [6.07, 6.45) is 1.93. The van der Waals surface area contributed by atoms with Crippen molar-refractivity contribution in [3.05, 3.63) is 59.7 Å². The Labute approximate surface area is 194 Å². The van der Waals surface area contributed by atoms with Gasteiger partial charge in [0.25, 0.3) is 0 Å². The van der Waals surface area contributed by atoms with Crippen molar-refractivity contribution in [1.82, 2.24) is 25.6 Å². The van der Waals surface area contributed by atoms with Crippen molar-refractivity contribution in [2.75, 3.05) is 13.7 Å². The van der Waals surface area contributed by atoms with Crippen molar-refractivity contribution in [3.63, 3.8) is 0 Å². The zero-order chi connectivity index (χ0) is 20.6. The Balaban J connectivity index is 0.00000320. The second-order valence-corrected chi connectivity index (χ2v) is 6.87. The molecule has 9 heteroatoms. The molecule has 0 aliphatic heterocycles. The van der Waals surface area contributed by atoms with Gasteiger partial charge < -0.3 is 19.9 Å². The van der Waals surface area contributed by atoms with Crippen LogP contribution in [0, 0.1) is 0 Å². The van der Waals surface area contributed by atoms with Gasteiger partial charge in [0.05, 0.1) is 37.3 Å². The molecule has 0 saturated carbocycles. The van der Waals surface area contributed by atoms with E-state index >= 15 is 0 Å². The van der Waals surface area contributed by atoms with Crippen molar-refractivity contribution >= 4 is 29.9 Å². The number of guanidine groups is 1. The lowest BCUT2D eigenvalue weighted by molar-refractivity contribution is 0.372. The van der Waals surface area contributed by atoms with Crippen LogP contribution in [-0.4, -0.2) is 34.6 Å². The summed E-state index contributed by atoms with van der Waals surface area (Å²) < 4.78 is 12.4. The third kappa shape index (κ3) is 6.48. The number of hydrogen-bond acceptors (Lipinski definition) is 5. The number of hydrogen-bond donors (Lipinski definition) is 2. The molecule has 0 radical (unpaired) electrons. The second-order valence-electron chi connectivity index (χ2n) is 6.87. The highest BCUT2D eigenvalue weighted by molar-refractivity contribution is 14.0. The number of ether oxygens (including phenoxy) is 1. The molecule has 1 aromatic carbocycles. The molecule has 0 bridgehead atoms. The van der Waals surface area contributed by atoms with Gasteiger partial charge in [0.15, 0.2) is 11.7 Å². The van der Waals surface area contributed by atoms with Crippen LogP contribution in [0.5, 0.6) is 5.75 Å². The average molecular weight is 524 g/mol. The van der Waals surface area contributed by atoms with Gasteiger partial charge in [-0.3, -0.25) is 0 Å². The molecule has 0 aliphatic rings. The fourth-order valence-electron chi connectivity index (χ4n) is 2.68. The maximum absolute atomic E-state index is 5.37. The molecule has 2 N–H and O–H groups in total. The Morgan fingerprint density at radius 1 is 1.20 bits per heavy atom. The predicted molar refractivity (Wildman–Crippen MR) is 128 cm³/mol. The van der Waals surface area contributed by atoms with Crippen LogP contribution in [0.25, 0.3) is 5.69 Å².